The maximum absolute atomic E-state index is 12.0. The van der Waals surface area contributed by atoms with Crippen LogP contribution in [0.5, 0.6) is 0 Å². The summed E-state index contributed by atoms with van der Waals surface area (Å²) in [6, 6.07) is 6.49. The van der Waals surface area contributed by atoms with E-state index in [9.17, 15) is 4.79 Å². The van der Waals surface area contributed by atoms with Gasteiger partial charge in [-0.05, 0) is 49.4 Å². The predicted octanol–water partition coefficient (Wildman–Crippen LogP) is 3.73. The molecule has 7 nitrogen and oxygen atoms in total. The largest absolute Gasteiger partial charge is 0.381 e. The highest BCUT2D eigenvalue weighted by molar-refractivity contribution is 5.96. The standard InChI is InChI=1S/C21H23N5O2/c27-21(24-15-1-2-15)25-20-11-14(3-8-23-20)18-13-26(16-5-9-28-10-6-16)19-12-22-7-4-17(18)19/h3-4,7-8,11-13,15-16H,1-2,5-6,9-10H2,(H2,23,24,25,27). The first-order valence-corrected chi connectivity index (χ1v) is 9.84. The lowest BCUT2D eigenvalue weighted by atomic mass is 10.1. The molecule has 1 aliphatic carbocycles. The number of fused-ring (bicyclic) bond motifs is 1. The second-order valence-electron chi connectivity index (χ2n) is 7.49. The zero-order chi connectivity index (χ0) is 18.9. The van der Waals surface area contributed by atoms with Crippen molar-refractivity contribution in [3.05, 3.63) is 43.0 Å². The van der Waals surface area contributed by atoms with E-state index in [1.54, 1.807) is 6.20 Å². The molecule has 0 radical (unpaired) electrons. The lowest BCUT2D eigenvalue weighted by molar-refractivity contribution is 0.0707. The first-order chi connectivity index (χ1) is 13.8. The molecule has 7 heteroatoms. The van der Waals surface area contributed by atoms with Crippen LogP contribution in [-0.4, -0.2) is 39.8 Å². The van der Waals surface area contributed by atoms with Crippen LogP contribution in [0.15, 0.2) is 43.0 Å². The van der Waals surface area contributed by atoms with Crippen molar-refractivity contribution < 1.29 is 9.53 Å². The lowest BCUT2D eigenvalue weighted by Crippen LogP contribution is -2.30. The summed E-state index contributed by atoms with van der Waals surface area (Å²) in [4.78, 5) is 20.7. The van der Waals surface area contributed by atoms with Crippen LogP contribution >= 0.6 is 0 Å². The van der Waals surface area contributed by atoms with Crippen molar-refractivity contribution in [3.63, 3.8) is 0 Å². The number of hydrogen-bond donors (Lipinski definition) is 2. The maximum Gasteiger partial charge on any atom is 0.320 e. The Bertz CT molecular complexity index is 1000. The molecular formula is C21H23N5O2. The van der Waals surface area contributed by atoms with Crippen LogP contribution in [0.3, 0.4) is 0 Å². The van der Waals surface area contributed by atoms with Crippen LogP contribution < -0.4 is 10.6 Å². The third-order valence-electron chi connectivity index (χ3n) is 5.45. The van der Waals surface area contributed by atoms with Gasteiger partial charge in [-0.25, -0.2) is 9.78 Å². The summed E-state index contributed by atoms with van der Waals surface area (Å²) in [5, 5.41) is 6.92. The van der Waals surface area contributed by atoms with Crippen molar-refractivity contribution in [1.29, 1.82) is 0 Å². The van der Waals surface area contributed by atoms with E-state index in [1.807, 2.05) is 30.6 Å². The summed E-state index contributed by atoms with van der Waals surface area (Å²) in [6.07, 6.45) is 11.8. The van der Waals surface area contributed by atoms with Crippen molar-refractivity contribution in [2.24, 2.45) is 0 Å². The summed E-state index contributed by atoms with van der Waals surface area (Å²) >= 11 is 0. The van der Waals surface area contributed by atoms with Gasteiger partial charge in [0.25, 0.3) is 0 Å². The fourth-order valence-electron chi connectivity index (χ4n) is 3.83. The molecule has 0 unspecified atom stereocenters. The predicted molar refractivity (Wildman–Crippen MR) is 107 cm³/mol. The third-order valence-corrected chi connectivity index (χ3v) is 5.45. The molecule has 0 atom stereocenters. The van der Waals surface area contributed by atoms with Crippen LogP contribution in [0.1, 0.15) is 31.7 Å². The molecule has 1 saturated heterocycles. The first-order valence-electron chi connectivity index (χ1n) is 9.84. The number of amides is 2. The van der Waals surface area contributed by atoms with Gasteiger partial charge in [0.05, 0.1) is 11.7 Å². The second kappa shape index (κ2) is 7.24. The van der Waals surface area contributed by atoms with Crippen LogP contribution in [0, 0.1) is 0 Å². The minimum atomic E-state index is -0.194. The van der Waals surface area contributed by atoms with Crippen molar-refractivity contribution in [3.8, 4) is 11.1 Å². The molecule has 28 heavy (non-hydrogen) atoms. The molecule has 5 rings (SSSR count). The number of hydrogen-bond acceptors (Lipinski definition) is 4. The average Bonchev–Trinajstić information content (AvgIpc) is 3.45. The minimum Gasteiger partial charge on any atom is -0.381 e. The number of urea groups is 1. The maximum atomic E-state index is 12.0. The van der Waals surface area contributed by atoms with Crippen LogP contribution in [0.4, 0.5) is 10.6 Å². The van der Waals surface area contributed by atoms with Gasteiger partial charge in [-0.2, -0.15) is 0 Å². The normalized spacial score (nSPS) is 17.6. The molecule has 144 valence electrons. The molecule has 0 spiro atoms. The fraction of sp³-hybridized carbons (Fsp3) is 0.381. The summed E-state index contributed by atoms with van der Waals surface area (Å²) in [5.41, 5.74) is 3.28. The van der Waals surface area contributed by atoms with Gasteiger partial charge < -0.3 is 14.6 Å². The summed E-state index contributed by atoms with van der Waals surface area (Å²) in [7, 11) is 0. The van der Waals surface area contributed by atoms with Crippen molar-refractivity contribution in [1.82, 2.24) is 19.9 Å². The zero-order valence-electron chi connectivity index (χ0n) is 15.6. The highest BCUT2D eigenvalue weighted by Gasteiger charge is 2.23. The Hall–Kier alpha value is -2.93. The van der Waals surface area contributed by atoms with Crippen molar-refractivity contribution in [2.45, 2.75) is 37.8 Å². The Morgan fingerprint density at radius 2 is 2.00 bits per heavy atom. The van der Waals surface area contributed by atoms with Gasteiger partial charge in [-0.15, -0.1) is 0 Å². The molecule has 2 amide bonds. The average molecular weight is 377 g/mol. The Balaban J connectivity index is 1.48. The second-order valence-corrected chi connectivity index (χ2v) is 7.49. The monoisotopic (exact) mass is 377 g/mol. The van der Waals surface area contributed by atoms with Gasteiger partial charge in [0, 0.05) is 54.8 Å². The number of pyridine rings is 2. The number of anilines is 1. The highest BCUT2D eigenvalue weighted by atomic mass is 16.5. The van der Waals surface area contributed by atoms with Crippen LogP contribution in [0.25, 0.3) is 22.0 Å². The number of rotatable bonds is 4. The Morgan fingerprint density at radius 3 is 2.82 bits per heavy atom. The molecule has 2 fully saturated rings. The number of nitrogens with one attached hydrogen (secondary N) is 2. The SMILES string of the molecule is O=C(Nc1cc(-c2cn(C3CCOCC3)c3cnccc23)ccn1)NC1CC1. The van der Waals surface area contributed by atoms with Gasteiger partial charge in [0.15, 0.2) is 0 Å². The van der Waals surface area contributed by atoms with Crippen LogP contribution in [0.2, 0.25) is 0 Å². The molecule has 2 aliphatic rings. The van der Waals surface area contributed by atoms with Crippen molar-refractivity contribution >= 4 is 22.8 Å². The molecule has 3 aromatic heterocycles. The molecule has 0 aromatic carbocycles. The quantitative estimate of drug-likeness (QED) is 0.726. The Morgan fingerprint density at radius 1 is 1.14 bits per heavy atom. The van der Waals surface area contributed by atoms with Gasteiger partial charge >= 0.3 is 6.03 Å². The van der Waals surface area contributed by atoms with E-state index in [1.165, 1.54) is 0 Å². The van der Waals surface area contributed by atoms with E-state index in [-0.39, 0.29) is 6.03 Å². The van der Waals surface area contributed by atoms with E-state index >= 15 is 0 Å². The van der Waals surface area contributed by atoms with E-state index in [2.05, 4.69) is 31.4 Å². The first kappa shape index (κ1) is 17.2. The summed E-state index contributed by atoms with van der Waals surface area (Å²) in [5.74, 6) is 0.552. The van der Waals surface area contributed by atoms with Crippen LogP contribution in [-0.2, 0) is 4.74 Å². The fourth-order valence-corrected chi connectivity index (χ4v) is 3.83. The minimum absolute atomic E-state index is 0.194. The van der Waals surface area contributed by atoms with E-state index in [4.69, 9.17) is 4.74 Å². The van der Waals surface area contributed by atoms with Gasteiger partial charge in [0.2, 0.25) is 0 Å². The summed E-state index contributed by atoms with van der Waals surface area (Å²) in [6.45, 7) is 1.58. The van der Waals surface area contributed by atoms with Crippen molar-refractivity contribution in [2.75, 3.05) is 18.5 Å². The number of nitrogens with zero attached hydrogens (tertiary/aromatic N) is 3. The Labute approximate surface area is 163 Å². The number of aromatic nitrogens is 3. The lowest BCUT2D eigenvalue weighted by Gasteiger charge is -2.24. The molecule has 4 heterocycles. The highest BCUT2D eigenvalue weighted by Crippen LogP contribution is 2.35. The molecule has 2 N–H and O–H groups in total. The number of ether oxygens (including phenoxy) is 1. The number of carbonyl (C=O) groups is 1. The number of carbonyl (C=O) groups excluding carboxylic acids is 1. The van der Waals surface area contributed by atoms with Gasteiger partial charge in [-0.3, -0.25) is 10.3 Å². The summed E-state index contributed by atoms with van der Waals surface area (Å²) < 4.78 is 7.85. The molecule has 1 saturated carbocycles. The smallest absolute Gasteiger partial charge is 0.320 e. The zero-order valence-corrected chi connectivity index (χ0v) is 15.6. The van der Waals surface area contributed by atoms with E-state index in [0.29, 0.717) is 17.9 Å². The topological polar surface area (TPSA) is 81.1 Å². The molecule has 1 aliphatic heterocycles. The van der Waals surface area contributed by atoms with Gasteiger partial charge in [0.1, 0.15) is 5.82 Å². The Kier molecular flexibility index (Phi) is 4.44. The molecular weight excluding hydrogens is 354 g/mol. The molecule has 0 bridgehead atoms. The van der Waals surface area contributed by atoms with E-state index < -0.39 is 0 Å². The third kappa shape index (κ3) is 3.45. The van der Waals surface area contributed by atoms with Gasteiger partial charge in [-0.1, -0.05) is 0 Å². The molecule has 3 aromatic rings. The van der Waals surface area contributed by atoms with E-state index in [0.717, 1.165) is 60.9 Å².